The molecule has 3 nitrogen and oxygen atoms in total. The van der Waals surface area contributed by atoms with Gasteiger partial charge in [0.2, 0.25) is 5.91 Å². The average molecular weight is 196 g/mol. The number of likely N-dealkylation sites (N-methyl/N-ethyl adjacent to an activating group) is 1. The lowest BCUT2D eigenvalue weighted by atomic mass is 9.86. The lowest BCUT2D eigenvalue weighted by Crippen LogP contribution is -2.36. The fourth-order valence-electron chi connectivity index (χ4n) is 2.94. The number of likely N-dealkylation sites (tertiary alicyclic amines) is 1. The molecule has 14 heavy (non-hydrogen) atoms. The molecule has 1 spiro atoms. The number of nitrogens with one attached hydrogen (secondary N) is 1. The second kappa shape index (κ2) is 3.89. The topological polar surface area (TPSA) is 32.3 Å². The van der Waals surface area contributed by atoms with Gasteiger partial charge in [-0.1, -0.05) is 12.8 Å². The number of carbonyl (C=O) groups is 1. The van der Waals surface area contributed by atoms with Crippen LogP contribution in [-0.2, 0) is 4.79 Å². The predicted molar refractivity (Wildman–Crippen MR) is 56.0 cm³/mol. The number of amides is 1. The van der Waals surface area contributed by atoms with Crippen molar-refractivity contribution < 1.29 is 4.79 Å². The molecule has 2 aliphatic rings. The highest BCUT2D eigenvalue weighted by Crippen LogP contribution is 2.45. The molecule has 0 aromatic heterocycles. The molecule has 80 valence electrons. The lowest BCUT2D eigenvalue weighted by molar-refractivity contribution is -0.129. The number of rotatable bonds is 2. The predicted octanol–water partition coefficient (Wildman–Crippen LogP) is 0.998. The van der Waals surface area contributed by atoms with Crippen LogP contribution in [0, 0.1) is 5.41 Å². The van der Waals surface area contributed by atoms with Crippen molar-refractivity contribution in [1.29, 1.82) is 0 Å². The van der Waals surface area contributed by atoms with Gasteiger partial charge < -0.3 is 10.2 Å². The van der Waals surface area contributed by atoms with Gasteiger partial charge in [-0.3, -0.25) is 4.79 Å². The van der Waals surface area contributed by atoms with Crippen molar-refractivity contribution in [2.45, 2.75) is 32.1 Å². The molecule has 0 aromatic carbocycles. The Morgan fingerprint density at radius 1 is 1.36 bits per heavy atom. The first-order valence-electron chi connectivity index (χ1n) is 5.68. The Morgan fingerprint density at radius 2 is 2.07 bits per heavy atom. The molecule has 1 heterocycles. The van der Waals surface area contributed by atoms with E-state index >= 15 is 0 Å². The third-order valence-electron chi connectivity index (χ3n) is 3.78. The van der Waals surface area contributed by atoms with E-state index in [-0.39, 0.29) is 5.91 Å². The first-order valence-corrected chi connectivity index (χ1v) is 5.68. The molecule has 3 heteroatoms. The molecule has 0 unspecified atom stereocenters. The Balaban J connectivity index is 1.90. The summed E-state index contributed by atoms with van der Waals surface area (Å²) in [4.78, 5) is 13.7. The molecule has 0 aromatic rings. The van der Waals surface area contributed by atoms with Crippen LogP contribution in [0.2, 0.25) is 0 Å². The fraction of sp³-hybridized carbons (Fsp3) is 0.909. The minimum Gasteiger partial charge on any atom is -0.341 e. The van der Waals surface area contributed by atoms with Crippen molar-refractivity contribution >= 4 is 5.91 Å². The summed E-state index contributed by atoms with van der Waals surface area (Å²) in [6.45, 7) is 2.50. The minimum absolute atomic E-state index is 0.274. The molecule has 0 radical (unpaired) electrons. The summed E-state index contributed by atoms with van der Waals surface area (Å²) in [5, 5.41) is 2.93. The van der Waals surface area contributed by atoms with E-state index in [0.29, 0.717) is 12.0 Å². The van der Waals surface area contributed by atoms with E-state index in [4.69, 9.17) is 0 Å². The van der Waals surface area contributed by atoms with Crippen LogP contribution in [0.3, 0.4) is 0 Å². The van der Waals surface area contributed by atoms with Crippen LogP contribution in [0.1, 0.15) is 32.1 Å². The van der Waals surface area contributed by atoms with Crippen molar-refractivity contribution in [3.8, 4) is 0 Å². The normalized spacial score (nSPS) is 24.8. The second-order valence-electron chi connectivity index (χ2n) is 4.80. The smallest absolute Gasteiger partial charge is 0.236 e. The van der Waals surface area contributed by atoms with Crippen molar-refractivity contribution in [2.75, 3.05) is 26.7 Å². The van der Waals surface area contributed by atoms with Crippen LogP contribution in [0.5, 0.6) is 0 Å². The molecule has 0 atom stereocenters. The standard InChI is InChI=1S/C11H20N2O/c1-12-8-10(14)13-7-6-11(9-13)4-2-3-5-11/h12H,2-9H2,1H3. The molecule has 1 aliphatic carbocycles. The highest BCUT2D eigenvalue weighted by molar-refractivity contribution is 5.78. The average Bonchev–Trinajstić information content (AvgIpc) is 2.78. The van der Waals surface area contributed by atoms with Gasteiger partial charge in [-0.25, -0.2) is 0 Å². The maximum absolute atomic E-state index is 11.6. The SMILES string of the molecule is CNCC(=O)N1CCC2(CCCC2)C1. The van der Waals surface area contributed by atoms with Crippen molar-refractivity contribution in [2.24, 2.45) is 5.41 Å². The van der Waals surface area contributed by atoms with Gasteiger partial charge in [0.15, 0.2) is 0 Å². The van der Waals surface area contributed by atoms with Gasteiger partial charge in [0.25, 0.3) is 0 Å². The summed E-state index contributed by atoms with van der Waals surface area (Å²) >= 11 is 0. The Labute approximate surface area is 85.8 Å². The van der Waals surface area contributed by atoms with E-state index < -0.39 is 0 Å². The van der Waals surface area contributed by atoms with E-state index in [2.05, 4.69) is 5.32 Å². The van der Waals surface area contributed by atoms with Crippen molar-refractivity contribution in [3.05, 3.63) is 0 Å². The monoisotopic (exact) mass is 196 g/mol. The molecular weight excluding hydrogens is 176 g/mol. The third kappa shape index (κ3) is 1.78. The highest BCUT2D eigenvalue weighted by Gasteiger charge is 2.41. The Kier molecular flexibility index (Phi) is 2.77. The van der Waals surface area contributed by atoms with Gasteiger partial charge in [0, 0.05) is 13.1 Å². The molecule has 2 fully saturated rings. The van der Waals surface area contributed by atoms with Gasteiger partial charge in [-0.2, -0.15) is 0 Å². The van der Waals surface area contributed by atoms with Crippen LogP contribution < -0.4 is 5.32 Å². The van der Waals surface area contributed by atoms with Crippen molar-refractivity contribution in [1.82, 2.24) is 10.2 Å². The van der Waals surface area contributed by atoms with E-state index in [1.807, 2.05) is 11.9 Å². The van der Waals surface area contributed by atoms with E-state index in [1.165, 1.54) is 32.1 Å². The zero-order chi connectivity index (χ0) is 10.0. The van der Waals surface area contributed by atoms with Gasteiger partial charge in [0.05, 0.1) is 6.54 Å². The van der Waals surface area contributed by atoms with E-state index in [1.54, 1.807) is 0 Å². The quantitative estimate of drug-likeness (QED) is 0.714. The summed E-state index contributed by atoms with van der Waals surface area (Å²) < 4.78 is 0. The van der Waals surface area contributed by atoms with Crippen molar-refractivity contribution in [3.63, 3.8) is 0 Å². The summed E-state index contributed by atoms with van der Waals surface area (Å²) in [7, 11) is 1.83. The summed E-state index contributed by atoms with van der Waals surface area (Å²) in [5.74, 6) is 0.274. The van der Waals surface area contributed by atoms with Crippen LogP contribution >= 0.6 is 0 Å². The molecule has 1 saturated carbocycles. The molecule has 0 bridgehead atoms. The summed E-state index contributed by atoms with van der Waals surface area (Å²) in [6, 6.07) is 0. The van der Waals surface area contributed by atoms with Crippen LogP contribution in [-0.4, -0.2) is 37.5 Å². The Bertz CT molecular complexity index is 221. The highest BCUT2D eigenvalue weighted by atomic mass is 16.2. The third-order valence-corrected chi connectivity index (χ3v) is 3.78. The molecule has 2 rings (SSSR count). The first-order chi connectivity index (χ1) is 6.76. The number of hydrogen-bond acceptors (Lipinski definition) is 2. The number of nitrogens with zero attached hydrogens (tertiary/aromatic N) is 1. The zero-order valence-electron chi connectivity index (χ0n) is 9.01. The lowest BCUT2D eigenvalue weighted by Gasteiger charge is -2.23. The maximum atomic E-state index is 11.6. The van der Waals surface area contributed by atoms with Gasteiger partial charge in [0.1, 0.15) is 0 Å². The Morgan fingerprint density at radius 3 is 2.71 bits per heavy atom. The summed E-state index contributed by atoms with van der Waals surface area (Å²) in [6.07, 6.45) is 6.66. The minimum atomic E-state index is 0.274. The molecule has 1 amide bonds. The molecule has 1 aliphatic heterocycles. The van der Waals surface area contributed by atoms with Crippen LogP contribution in [0.15, 0.2) is 0 Å². The van der Waals surface area contributed by atoms with Gasteiger partial charge in [-0.05, 0) is 31.7 Å². The zero-order valence-corrected chi connectivity index (χ0v) is 9.01. The van der Waals surface area contributed by atoms with E-state index in [9.17, 15) is 4.79 Å². The summed E-state index contributed by atoms with van der Waals surface area (Å²) in [5.41, 5.74) is 0.517. The maximum Gasteiger partial charge on any atom is 0.236 e. The molecular formula is C11H20N2O. The number of hydrogen-bond donors (Lipinski definition) is 1. The van der Waals surface area contributed by atoms with Crippen LogP contribution in [0.25, 0.3) is 0 Å². The van der Waals surface area contributed by atoms with Crippen LogP contribution in [0.4, 0.5) is 0 Å². The Hall–Kier alpha value is -0.570. The van der Waals surface area contributed by atoms with Gasteiger partial charge in [-0.15, -0.1) is 0 Å². The largest absolute Gasteiger partial charge is 0.341 e. The first kappa shape index (κ1) is 9.97. The number of carbonyl (C=O) groups excluding carboxylic acids is 1. The second-order valence-corrected chi connectivity index (χ2v) is 4.80. The van der Waals surface area contributed by atoms with Gasteiger partial charge >= 0.3 is 0 Å². The molecule has 1 saturated heterocycles. The van der Waals surface area contributed by atoms with E-state index in [0.717, 1.165) is 13.1 Å². The molecule has 1 N–H and O–H groups in total. The fourth-order valence-corrected chi connectivity index (χ4v) is 2.94.